The van der Waals surface area contributed by atoms with Crippen molar-refractivity contribution in [1.82, 2.24) is 30.6 Å². The van der Waals surface area contributed by atoms with Crippen LogP contribution in [0.2, 0.25) is 0 Å². The molecule has 0 saturated carbocycles. The van der Waals surface area contributed by atoms with Crippen LogP contribution in [0, 0.1) is 25.7 Å². The Morgan fingerprint density at radius 3 is 1.97 bits per heavy atom. The number of amides is 2. The molecule has 30 heavy (non-hydrogen) atoms. The molecule has 0 aliphatic heterocycles. The van der Waals surface area contributed by atoms with Crippen LogP contribution in [0.4, 0.5) is 5.95 Å². The molecule has 0 radical (unpaired) electrons. The largest absolute Gasteiger partial charge is 0.369 e. The summed E-state index contributed by atoms with van der Waals surface area (Å²) in [4.78, 5) is 38.5. The molecule has 2 amide bonds. The third-order valence-corrected chi connectivity index (χ3v) is 5.67. The van der Waals surface area contributed by atoms with Gasteiger partial charge in [-0.25, -0.2) is 4.98 Å². The van der Waals surface area contributed by atoms with Crippen molar-refractivity contribution in [1.29, 1.82) is 0 Å². The third-order valence-electron chi connectivity index (χ3n) is 5.67. The summed E-state index contributed by atoms with van der Waals surface area (Å²) in [6.45, 7) is 4.81. The molecular weight excluding hydrogens is 382 g/mol. The SMILES string of the molecule is Cc1ccc(C(=O)NC[C@H]2Cc3nc(N)[nH]c3C[C@@H]2CNC(=O)c2ccc(C)[nH]2)[nH]1. The summed E-state index contributed by atoms with van der Waals surface area (Å²) >= 11 is 0. The van der Waals surface area contributed by atoms with E-state index < -0.39 is 0 Å². The van der Waals surface area contributed by atoms with E-state index >= 15 is 0 Å². The van der Waals surface area contributed by atoms with Crippen molar-refractivity contribution in [3.05, 3.63) is 58.4 Å². The van der Waals surface area contributed by atoms with Crippen molar-refractivity contribution >= 4 is 17.8 Å². The Hall–Kier alpha value is -3.49. The lowest BCUT2D eigenvalue weighted by Gasteiger charge is -2.31. The van der Waals surface area contributed by atoms with E-state index in [1.54, 1.807) is 12.1 Å². The number of aromatic amines is 3. The number of nitrogens with two attached hydrogens (primary N) is 1. The van der Waals surface area contributed by atoms with Crippen molar-refractivity contribution in [2.24, 2.45) is 11.8 Å². The van der Waals surface area contributed by atoms with E-state index in [4.69, 9.17) is 5.73 Å². The van der Waals surface area contributed by atoms with Crippen molar-refractivity contribution < 1.29 is 9.59 Å². The maximum absolute atomic E-state index is 12.5. The average molecular weight is 409 g/mol. The van der Waals surface area contributed by atoms with Crippen LogP contribution in [0.5, 0.6) is 0 Å². The number of hydrogen-bond donors (Lipinski definition) is 6. The highest BCUT2D eigenvalue weighted by Crippen LogP contribution is 2.29. The first-order valence-electron chi connectivity index (χ1n) is 10.1. The van der Waals surface area contributed by atoms with E-state index in [9.17, 15) is 9.59 Å². The van der Waals surface area contributed by atoms with Gasteiger partial charge in [0.2, 0.25) is 0 Å². The smallest absolute Gasteiger partial charge is 0.267 e. The Bertz CT molecular complexity index is 980. The zero-order valence-corrected chi connectivity index (χ0v) is 17.1. The Morgan fingerprint density at radius 1 is 0.933 bits per heavy atom. The van der Waals surface area contributed by atoms with Crippen molar-refractivity contribution in [2.45, 2.75) is 26.7 Å². The quantitative estimate of drug-likeness (QED) is 0.366. The van der Waals surface area contributed by atoms with Gasteiger partial charge in [0, 0.05) is 30.2 Å². The normalized spacial score (nSPS) is 18.1. The molecule has 0 unspecified atom stereocenters. The number of hydrogen-bond acceptors (Lipinski definition) is 4. The first-order valence-corrected chi connectivity index (χ1v) is 10.1. The maximum Gasteiger partial charge on any atom is 0.267 e. The number of aromatic nitrogens is 4. The van der Waals surface area contributed by atoms with E-state index in [-0.39, 0.29) is 23.7 Å². The predicted octanol–water partition coefficient (Wildman–Crippen LogP) is 1.46. The second kappa shape index (κ2) is 8.10. The molecule has 0 aromatic carbocycles. The lowest BCUT2D eigenvalue weighted by atomic mass is 9.79. The van der Waals surface area contributed by atoms with E-state index in [1.807, 2.05) is 26.0 Å². The number of carbonyl (C=O) groups is 2. The maximum atomic E-state index is 12.5. The fraction of sp³-hybridized carbons (Fsp3) is 0.381. The van der Waals surface area contributed by atoms with E-state index in [1.165, 1.54) is 0 Å². The molecular formula is C21H27N7O2. The number of nitrogens with one attached hydrogen (secondary N) is 5. The van der Waals surface area contributed by atoms with Gasteiger partial charge in [0.25, 0.3) is 11.8 Å². The Kier molecular flexibility index (Phi) is 5.35. The van der Waals surface area contributed by atoms with Crippen LogP contribution < -0.4 is 16.4 Å². The number of rotatable bonds is 6. The van der Waals surface area contributed by atoms with Crippen molar-refractivity contribution in [3.8, 4) is 0 Å². The van der Waals surface area contributed by atoms with Crippen LogP contribution in [0.1, 0.15) is 43.8 Å². The average Bonchev–Trinajstić information content (AvgIpc) is 3.42. The Balaban J connectivity index is 1.43. The summed E-state index contributed by atoms with van der Waals surface area (Å²) in [7, 11) is 0. The zero-order chi connectivity index (χ0) is 21.3. The first kappa shape index (κ1) is 19.8. The van der Waals surface area contributed by atoms with Gasteiger partial charge in [-0.1, -0.05) is 0 Å². The van der Waals surface area contributed by atoms with E-state index in [0.29, 0.717) is 43.3 Å². The molecule has 1 aliphatic carbocycles. The summed E-state index contributed by atoms with van der Waals surface area (Å²) in [6.07, 6.45) is 1.40. The summed E-state index contributed by atoms with van der Waals surface area (Å²) in [5, 5.41) is 6.03. The Labute approximate surface area is 174 Å². The monoisotopic (exact) mass is 409 g/mol. The molecule has 0 bridgehead atoms. The molecule has 2 atom stereocenters. The van der Waals surface area contributed by atoms with Gasteiger partial charge in [-0.2, -0.15) is 0 Å². The van der Waals surface area contributed by atoms with E-state index in [0.717, 1.165) is 22.8 Å². The molecule has 3 aromatic heterocycles. The summed E-state index contributed by atoms with van der Waals surface area (Å²) < 4.78 is 0. The number of anilines is 1. The lowest BCUT2D eigenvalue weighted by molar-refractivity contribution is 0.0911. The second-order valence-corrected chi connectivity index (χ2v) is 8.01. The summed E-state index contributed by atoms with van der Waals surface area (Å²) in [5.74, 6) is 0.396. The highest BCUT2D eigenvalue weighted by Gasteiger charge is 2.31. The van der Waals surface area contributed by atoms with Gasteiger partial charge >= 0.3 is 0 Å². The summed E-state index contributed by atoms with van der Waals surface area (Å²) in [6, 6.07) is 7.29. The molecule has 9 nitrogen and oxygen atoms in total. The molecule has 0 fully saturated rings. The molecule has 9 heteroatoms. The van der Waals surface area contributed by atoms with Gasteiger partial charge in [0.05, 0.1) is 5.69 Å². The minimum atomic E-state index is -0.139. The van der Waals surface area contributed by atoms with Gasteiger partial charge in [-0.15, -0.1) is 0 Å². The van der Waals surface area contributed by atoms with Gasteiger partial charge in [-0.3, -0.25) is 9.59 Å². The number of carbonyl (C=O) groups excluding carboxylic acids is 2. The van der Waals surface area contributed by atoms with Crippen LogP contribution in [-0.2, 0) is 12.8 Å². The number of aryl methyl sites for hydroxylation is 2. The van der Waals surface area contributed by atoms with Gasteiger partial charge < -0.3 is 31.3 Å². The summed E-state index contributed by atoms with van der Waals surface area (Å²) in [5.41, 5.74) is 10.7. The van der Waals surface area contributed by atoms with Crippen LogP contribution in [0.25, 0.3) is 0 Å². The van der Waals surface area contributed by atoms with Crippen LogP contribution in [0.3, 0.4) is 0 Å². The molecule has 7 N–H and O–H groups in total. The fourth-order valence-corrected chi connectivity index (χ4v) is 4.04. The first-order chi connectivity index (χ1) is 14.4. The van der Waals surface area contributed by atoms with Gasteiger partial charge in [0.1, 0.15) is 11.4 Å². The number of H-pyrrole nitrogens is 3. The molecule has 158 valence electrons. The standard InChI is InChI=1S/C21H27N7O2/c1-11-3-5-15(25-11)19(29)23-9-13-7-17-18(28-21(22)27-17)8-14(13)10-24-20(30)16-6-4-12(2)26-16/h3-6,13-14,25-26H,7-10H2,1-2H3,(H,23,29)(H,24,30)(H3,22,27,28)/t13-,14-/m1/s1. The molecule has 0 spiro atoms. The third kappa shape index (κ3) is 4.24. The van der Waals surface area contributed by atoms with Crippen molar-refractivity contribution in [2.75, 3.05) is 18.8 Å². The predicted molar refractivity (Wildman–Crippen MR) is 113 cm³/mol. The number of fused-ring (bicyclic) bond motifs is 1. The highest BCUT2D eigenvalue weighted by atomic mass is 16.2. The van der Waals surface area contributed by atoms with Gasteiger partial charge in [-0.05, 0) is 62.8 Å². The lowest BCUT2D eigenvalue weighted by Crippen LogP contribution is -2.42. The molecule has 1 aliphatic rings. The van der Waals surface area contributed by atoms with Crippen LogP contribution in [-0.4, -0.2) is 44.8 Å². The number of nitrogens with zero attached hydrogens (tertiary/aromatic N) is 1. The molecule has 3 heterocycles. The minimum absolute atomic E-state index is 0.130. The van der Waals surface area contributed by atoms with E-state index in [2.05, 4.69) is 30.6 Å². The molecule has 3 aromatic rings. The molecule has 4 rings (SSSR count). The van der Waals surface area contributed by atoms with Crippen LogP contribution >= 0.6 is 0 Å². The molecule has 0 saturated heterocycles. The zero-order valence-electron chi connectivity index (χ0n) is 17.1. The topological polar surface area (TPSA) is 144 Å². The number of imidazole rings is 1. The fourth-order valence-electron chi connectivity index (χ4n) is 4.04. The minimum Gasteiger partial charge on any atom is -0.369 e. The van der Waals surface area contributed by atoms with Gasteiger partial charge in [0.15, 0.2) is 5.95 Å². The second-order valence-electron chi connectivity index (χ2n) is 8.01. The highest BCUT2D eigenvalue weighted by molar-refractivity contribution is 5.93. The van der Waals surface area contributed by atoms with Crippen LogP contribution in [0.15, 0.2) is 24.3 Å². The number of nitrogen functional groups attached to an aromatic ring is 1. The Morgan fingerprint density at radius 2 is 1.47 bits per heavy atom. The van der Waals surface area contributed by atoms with Crippen molar-refractivity contribution in [3.63, 3.8) is 0 Å².